The summed E-state index contributed by atoms with van der Waals surface area (Å²) in [4.78, 5) is 2.12. The Labute approximate surface area is 173 Å². The zero-order chi connectivity index (χ0) is 20.9. The second kappa shape index (κ2) is 7.08. The van der Waals surface area contributed by atoms with E-state index in [1.807, 2.05) is 18.2 Å². The summed E-state index contributed by atoms with van der Waals surface area (Å²) in [6.07, 6.45) is 1.10. The first-order chi connectivity index (χ1) is 14.3. The maximum atomic E-state index is 14.1. The van der Waals surface area contributed by atoms with E-state index in [-0.39, 0.29) is 23.2 Å². The Morgan fingerprint density at radius 2 is 1.87 bits per heavy atom. The number of alkyl halides is 3. The molecule has 0 amide bonds. The van der Waals surface area contributed by atoms with E-state index < -0.39 is 11.7 Å². The van der Waals surface area contributed by atoms with E-state index in [1.54, 1.807) is 12.3 Å². The van der Waals surface area contributed by atoms with Crippen LogP contribution >= 0.6 is 0 Å². The van der Waals surface area contributed by atoms with Gasteiger partial charge in [0, 0.05) is 31.1 Å². The number of pyridine rings is 1. The molecular weight excluding hydrogens is 389 g/mol. The summed E-state index contributed by atoms with van der Waals surface area (Å²) in [7, 11) is 0. The fraction of sp³-hybridized carbons (Fsp3) is 0.478. The van der Waals surface area contributed by atoms with E-state index in [9.17, 15) is 13.2 Å². The zero-order valence-electron chi connectivity index (χ0n) is 17.0. The average Bonchev–Trinajstić information content (AvgIpc) is 3.32. The van der Waals surface area contributed by atoms with Crippen LogP contribution in [0.5, 0.6) is 0 Å². The monoisotopic (exact) mass is 414 g/mol. The Balaban J connectivity index is 1.44. The van der Waals surface area contributed by atoms with Crippen molar-refractivity contribution in [3.63, 3.8) is 0 Å². The first kappa shape index (κ1) is 19.5. The second-order valence-corrected chi connectivity index (χ2v) is 9.06. The molecule has 3 aromatic rings. The standard InChI is InChI=1S/C23H25F3N4/c1-22(18-5-3-2-4-6-18)10-12-29(15-22)14-17-9-11-30-19(13-16-7-8-16)27-28-21(30)20(17)23(24,25)26/h2-6,9,11,16H,7-8,10,12-15H2,1H3. The predicted molar refractivity (Wildman–Crippen MR) is 108 cm³/mol. The molecule has 2 fully saturated rings. The van der Waals surface area contributed by atoms with Crippen molar-refractivity contribution in [1.82, 2.24) is 19.5 Å². The number of aromatic nitrogens is 3. The van der Waals surface area contributed by atoms with Gasteiger partial charge in [0.1, 0.15) is 11.4 Å². The fourth-order valence-corrected chi connectivity index (χ4v) is 4.71. The minimum Gasteiger partial charge on any atom is -0.298 e. The summed E-state index contributed by atoms with van der Waals surface area (Å²) in [6, 6.07) is 11.8. The molecule has 0 spiro atoms. The number of fused-ring (bicyclic) bond motifs is 1. The Bertz CT molecular complexity index is 1060. The molecule has 0 N–H and O–H groups in total. The molecule has 0 bridgehead atoms. The van der Waals surface area contributed by atoms with Gasteiger partial charge >= 0.3 is 6.18 Å². The van der Waals surface area contributed by atoms with Gasteiger partial charge in [-0.15, -0.1) is 10.2 Å². The molecule has 1 aliphatic carbocycles. The number of rotatable bonds is 5. The topological polar surface area (TPSA) is 33.4 Å². The third-order valence-electron chi connectivity index (χ3n) is 6.60. The molecule has 3 heterocycles. The van der Waals surface area contributed by atoms with Gasteiger partial charge in [-0.1, -0.05) is 37.3 Å². The molecule has 1 unspecified atom stereocenters. The van der Waals surface area contributed by atoms with E-state index >= 15 is 0 Å². The highest BCUT2D eigenvalue weighted by Gasteiger charge is 2.40. The average molecular weight is 414 g/mol. The first-order valence-corrected chi connectivity index (χ1v) is 10.5. The molecule has 5 rings (SSSR count). The van der Waals surface area contributed by atoms with Crippen LogP contribution in [0, 0.1) is 5.92 Å². The van der Waals surface area contributed by atoms with Crippen LogP contribution < -0.4 is 0 Å². The van der Waals surface area contributed by atoms with Crippen LogP contribution in [0.4, 0.5) is 13.2 Å². The highest BCUT2D eigenvalue weighted by molar-refractivity contribution is 5.53. The van der Waals surface area contributed by atoms with Gasteiger partial charge in [0.15, 0.2) is 5.65 Å². The number of nitrogens with zero attached hydrogens (tertiary/aromatic N) is 4. The van der Waals surface area contributed by atoms with Crippen molar-refractivity contribution in [2.24, 2.45) is 5.92 Å². The third kappa shape index (κ3) is 3.60. The van der Waals surface area contributed by atoms with Crippen LogP contribution in [-0.2, 0) is 24.6 Å². The molecule has 1 saturated heterocycles. The molecule has 1 aliphatic heterocycles. The van der Waals surface area contributed by atoms with Crippen molar-refractivity contribution in [2.75, 3.05) is 13.1 Å². The Kier molecular flexibility index (Phi) is 4.61. The van der Waals surface area contributed by atoms with E-state index in [1.165, 1.54) is 9.96 Å². The SMILES string of the molecule is CC1(c2ccccc2)CCN(Cc2ccn3c(CC4CC4)nnc3c2C(F)(F)F)C1. The fourth-order valence-electron chi connectivity index (χ4n) is 4.71. The molecule has 2 aromatic heterocycles. The molecular formula is C23H25F3N4. The summed E-state index contributed by atoms with van der Waals surface area (Å²) in [5, 5.41) is 8.04. The molecule has 4 nitrogen and oxygen atoms in total. The van der Waals surface area contributed by atoms with Crippen LogP contribution in [0.1, 0.15) is 48.7 Å². The smallest absolute Gasteiger partial charge is 0.298 e. The lowest BCUT2D eigenvalue weighted by Crippen LogP contribution is -2.28. The highest BCUT2D eigenvalue weighted by atomic mass is 19.4. The molecule has 30 heavy (non-hydrogen) atoms. The van der Waals surface area contributed by atoms with Gasteiger partial charge in [-0.2, -0.15) is 13.2 Å². The largest absolute Gasteiger partial charge is 0.420 e. The van der Waals surface area contributed by atoms with Gasteiger partial charge in [0.2, 0.25) is 0 Å². The predicted octanol–water partition coefficient (Wildman–Crippen LogP) is 4.86. The van der Waals surface area contributed by atoms with E-state index in [0.29, 0.717) is 18.2 Å². The van der Waals surface area contributed by atoms with Crippen molar-refractivity contribution in [3.05, 3.63) is 65.1 Å². The van der Waals surface area contributed by atoms with E-state index in [0.717, 1.165) is 32.4 Å². The number of benzene rings is 1. The van der Waals surface area contributed by atoms with Gasteiger partial charge in [0.25, 0.3) is 0 Å². The maximum absolute atomic E-state index is 14.1. The van der Waals surface area contributed by atoms with E-state index in [2.05, 4.69) is 34.2 Å². The van der Waals surface area contributed by atoms with Crippen LogP contribution in [0.15, 0.2) is 42.6 Å². The number of hydrogen-bond acceptors (Lipinski definition) is 3. The maximum Gasteiger partial charge on any atom is 0.420 e. The normalized spacial score (nSPS) is 22.8. The van der Waals surface area contributed by atoms with Crippen molar-refractivity contribution < 1.29 is 13.2 Å². The van der Waals surface area contributed by atoms with E-state index in [4.69, 9.17) is 0 Å². The van der Waals surface area contributed by atoms with Crippen molar-refractivity contribution >= 4 is 5.65 Å². The van der Waals surface area contributed by atoms with Crippen molar-refractivity contribution in [3.8, 4) is 0 Å². The molecule has 1 saturated carbocycles. The van der Waals surface area contributed by atoms with Gasteiger partial charge in [-0.25, -0.2) is 0 Å². The van der Waals surface area contributed by atoms with Crippen molar-refractivity contribution in [1.29, 1.82) is 0 Å². The molecule has 1 aromatic carbocycles. The van der Waals surface area contributed by atoms with Crippen LogP contribution in [0.2, 0.25) is 0 Å². The molecule has 7 heteroatoms. The van der Waals surface area contributed by atoms with Gasteiger partial charge in [-0.05, 0) is 48.9 Å². The lowest BCUT2D eigenvalue weighted by Gasteiger charge is -2.26. The summed E-state index contributed by atoms with van der Waals surface area (Å²) >= 11 is 0. The molecule has 0 radical (unpaired) electrons. The third-order valence-corrected chi connectivity index (χ3v) is 6.60. The van der Waals surface area contributed by atoms with Crippen LogP contribution in [0.3, 0.4) is 0 Å². The Morgan fingerprint density at radius 3 is 2.57 bits per heavy atom. The van der Waals surface area contributed by atoms with Gasteiger partial charge in [0.05, 0.1) is 0 Å². The number of halogens is 3. The second-order valence-electron chi connectivity index (χ2n) is 9.06. The quantitative estimate of drug-likeness (QED) is 0.598. The molecule has 158 valence electrons. The van der Waals surface area contributed by atoms with Gasteiger partial charge in [-0.3, -0.25) is 9.30 Å². The summed E-state index contributed by atoms with van der Waals surface area (Å²) in [6.45, 7) is 3.96. The lowest BCUT2D eigenvalue weighted by molar-refractivity contribution is -0.137. The minimum atomic E-state index is -4.47. The molecule has 1 atom stereocenters. The summed E-state index contributed by atoms with van der Waals surface area (Å²) in [5.74, 6) is 1.16. The number of likely N-dealkylation sites (tertiary alicyclic amines) is 1. The Hall–Kier alpha value is -2.41. The first-order valence-electron chi connectivity index (χ1n) is 10.5. The van der Waals surface area contributed by atoms with Crippen molar-refractivity contribution in [2.45, 2.75) is 50.7 Å². The highest BCUT2D eigenvalue weighted by Crippen LogP contribution is 2.39. The lowest BCUT2D eigenvalue weighted by atomic mass is 9.82. The van der Waals surface area contributed by atoms with Crippen LogP contribution in [-0.4, -0.2) is 32.6 Å². The minimum absolute atomic E-state index is 0.0456. The summed E-state index contributed by atoms with van der Waals surface area (Å²) in [5.41, 5.74) is 0.753. The zero-order valence-corrected chi connectivity index (χ0v) is 17.0. The van der Waals surface area contributed by atoms with Crippen LogP contribution in [0.25, 0.3) is 5.65 Å². The Morgan fingerprint density at radius 1 is 1.10 bits per heavy atom. The number of hydrogen-bond donors (Lipinski definition) is 0. The summed E-state index contributed by atoms with van der Waals surface area (Å²) < 4.78 is 43.7. The van der Waals surface area contributed by atoms with Gasteiger partial charge < -0.3 is 0 Å². The molecule has 2 aliphatic rings.